The van der Waals surface area contributed by atoms with Gasteiger partial charge in [-0.25, -0.2) is 9.97 Å². The van der Waals surface area contributed by atoms with Crippen molar-refractivity contribution in [2.45, 2.75) is 39.4 Å². The average Bonchev–Trinajstić information content (AvgIpc) is 2.95. The highest BCUT2D eigenvalue weighted by molar-refractivity contribution is 5.89. The lowest BCUT2D eigenvalue weighted by atomic mass is 10.1. The Balaban J connectivity index is 1.72. The molecule has 3 N–H and O–H groups in total. The van der Waals surface area contributed by atoms with Crippen molar-refractivity contribution in [1.29, 1.82) is 0 Å². The minimum Gasteiger partial charge on any atom is -0.347 e. The quantitative estimate of drug-likeness (QED) is 0.694. The number of nitrogens with zero attached hydrogens (tertiary/aromatic N) is 3. The van der Waals surface area contributed by atoms with E-state index in [4.69, 9.17) is 0 Å². The second-order valence-corrected chi connectivity index (χ2v) is 6.68. The number of imidazole rings is 1. The number of carbonyl (C=O) groups excluding carboxylic acids is 2. The van der Waals surface area contributed by atoms with E-state index < -0.39 is 6.04 Å². The molecular weight excluding hydrogens is 320 g/mol. The van der Waals surface area contributed by atoms with Crippen LogP contribution in [0.4, 0.5) is 0 Å². The fraction of sp³-hybridized carbons (Fsp3) is 0.529. The molecule has 2 aromatic rings. The molecule has 3 heterocycles. The molecule has 2 amide bonds. The molecule has 25 heavy (non-hydrogen) atoms. The Morgan fingerprint density at radius 2 is 2.32 bits per heavy atom. The van der Waals surface area contributed by atoms with Crippen molar-refractivity contribution in [1.82, 2.24) is 30.5 Å². The van der Waals surface area contributed by atoms with Crippen molar-refractivity contribution in [2.24, 2.45) is 5.92 Å². The van der Waals surface area contributed by atoms with Crippen LogP contribution < -0.4 is 16.0 Å². The van der Waals surface area contributed by atoms with E-state index in [1.54, 1.807) is 6.20 Å². The maximum Gasteiger partial charge on any atom is 0.244 e. The summed E-state index contributed by atoms with van der Waals surface area (Å²) in [6, 6.07) is 3.23. The monoisotopic (exact) mass is 344 g/mol. The third-order valence-electron chi connectivity index (χ3n) is 4.22. The first-order valence-electron chi connectivity index (χ1n) is 8.62. The van der Waals surface area contributed by atoms with Crippen molar-refractivity contribution in [3.8, 4) is 0 Å². The van der Waals surface area contributed by atoms with Gasteiger partial charge in [0.25, 0.3) is 0 Å². The zero-order valence-electron chi connectivity index (χ0n) is 14.6. The summed E-state index contributed by atoms with van der Waals surface area (Å²) >= 11 is 0. The Morgan fingerprint density at radius 3 is 3.08 bits per heavy atom. The highest BCUT2D eigenvalue weighted by Crippen LogP contribution is 2.15. The number of nitrogens with one attached hydrogen (secondary N) is 3. The van der Waals surface area contributed by atoms with Crippen LogP contribution in [0, 0.1) is 5.92 Å². The van der Waals surface area contributed by atoms with Crippen molar-refractivity contribution in [3.05, 3.63) is 24.2 Å². The topological polar surface area (TPSA) is 101 Å². The van der Waals surface area contributed by atoms with Gasteiger partial charge in [0.05, 0.1) is 13.1 Å². The summed E-state index contributed by atoms with van der Waals surface area (Å²) < 4.78 is 2.06. The second-order valence-electron chi connectivity index (χ2n) is 6.68. The Morgan fingerprint density at radius 1 is 1.48 bits per heavy atom. The second kappa shape index (κ2) is 7.60. The first-order valence-corrected chi connectivity index (χ1v) is 8.62. The number of hydrogen-bond acceptors (Lipinski definition) is 5. The van der Waals surface area contributed by atoms with E-state index in [0.717, 1.165) is 30.0 Å². The normalized spacial score (nSPS) is 17.7. The number of amides is 2. The molecule has 3 rings (SSSR count). The lowest BCUT2D eigenvalue weighted by molar-refractivity contribution is -0.130. The van der Waals surface area contributed by atoms with E-state index in [1.807, 2.05) is 12.1 Å². The van der Waals surface area contributed by atoms with Gasteiger partial charge in [0.15, 0.2) is 5.65 Å². The van der Waals surface area contributed by atoms with Gasteiger partial charge >= 0.3 is 0 Å². The first kappa shape index (κ1) is 17.3. The van der Waals surface area contributed by atoms with Gasteiger partial charge in [0, 0.05) is 19.3 Å². The molecule has 0 bridgehead atoms. The predicted molar refractivity (Wildman–Crippen MR) is 93.6 cm³/mol. The lowest BCUT2D eigenvalue weighted by Gasteiger charge is -2.23. The number of piperazine rings is 1. The van der Waals surface area contributed by atoms with Gasteiger partial charge in [-0.05, 0) is 24.5 Å². The van der Waals surface area contributed by atoms with Gasteiger partial charge in [0.1, 0.15) is 17.4 Å². The Bertz CT molecular complexity index is 770. The third-order valence-corrected chi connectivity index (χ3v) is 4.22. The molecular formula is C17H24N6O2. The fourth-order valence-corrected chi connectivity index (χ4v) is 2.84. The van der Waals surface area contributed by atoms with E-state index in [0.29, 0.717) is 19.0 Å². The summed E-state index contributed by atoms with van der Waals surface area (Å²) in [5.74, 6) is 0.959. The smallest absolute Gasteiger partial charge is 0.244 e. The summed E-state index contributed by atoms with van der Waals surface area (Å²) in [4.78, 5) is 32.7. The highest BCUT2D eigenvalue weighted by atomic mass is 16.2. The maximum atomic E-state index is 12.3. The van der Waals surface area contributed by atoms with Crippen LogP contribution in [0.15, 0.2) is 18.3 Å². The van der Waals surface area contributed by atoms with E-state index in [2.05, 4.69) is 44.3 Å². The van der Waals surface area contributed by atoms with Crippen molar-refractivity contribution >= 4 is 23.0 Å². The molecule has 1 saturated heterocycles. The van der Waals surface area contributed by atoms with Crippen molar-refractivity contribution in [3.63, 3.8) is 0 Å². The van der Waals surface area contributed by atoms with Crippen LogP contribution in [0.3, 0.4) is 0 Å². The number of hydrogen-bond donors (Lipinski definition) is 3. The van der Waals surface area contributed by atoms with E-state index in [1.165, 1.54) is 0 Å². The Labute approximate surface area is 146 Å². The van der Waals surface area contributed by atoms with Gasteiger partial charge in [-0.3, -0.25) is 9.59 Å². The van der Waals surface area contributed by atoms with E-state index in [-0.39, 0.29) is 18.4 Å². The average molecular weight is 344 g/mol. The Hall–Kier alpha value is -2.48. The lowest BCUT2D eigenvalue weighted by Crippen LogP contribution is -2.58. The number of rotatable bonds is 6. The molecule has 0 saturated carbocycles. The summed E-state index contributed by atoms with van der Waals surface area (Å²) in [6.07, 6.45) is 2.76. The van der Waals surface area contributed by atoms with Gasteiger partial charge < -0.3 is 20.5 Å². The Kier molecular flexibility index (Phi) is 5.28. The van der Waals surface area contributed by atoms with Gasteiger partial charge in [0.2, 0.25) is 11.8 Å². The molecule has 2 aromatic heterocycles. The number of aromatic nitrogens is 3. The maximum absolute atomic E-state index is 12.3. The van der Waals surface area contributed by atoms with Crippen molar-refractivity contribution in [2.75, 3.05) is 13.1 Å². The summed E-state index contributed by atoms with van der Waals surface area (Å²) in [5.41, 5.74) is 1.66. The molecule has 8 nitrogen and oxygen atoms in total. The zero-order chi connectivity index (χ0) is 17.8. The number of carbonyl (C=O) groups is 2. The summed E-state index contributed by atoms with van der Waals surface area (Å²) in [5, 5.41) is 8.48. The molecule has 0 aliphatic carbocycles. The standard InChI is InChI=1S/C17H24N6O2/c1-11(2)5-7-23-14(21-12-4-3-6-19-16(12)23)9-20-17(25)13-8-18-10-15(24)22-13/h3-4,6,11,13,18H,5,7-10H2,1-2H3,(H,20,25)(H,22,24). The van der Waals surface area contributed by atoms with Crippen LogP contribution in [0.1, 0.15) is 26.1 Å². The van der Waals surface area contributed by atoms with Gasteiger partial charge in [-0.1, -0.05) is 13.8 Å². The van der Waals surface area contributed by atoms with E-state index in [9.17, 15) is 9.59 Å². The van der Waals surface area contributed by atoms with Crippen LogP contribution in [-0.2, 0) is 22.7 Å². The SMILES string of the molecule is CC(C)CCn1c(CNC(=O)C2CNCC(=O)N2)nc2cccnc21. The molecule has 1 unspecified atom stereocenters. The first-order chi connectivity index (χ1) is 12.0. The van der Waals surface area contributed by atoms with Crippen LogP contribution in [-0.4, -0.2) is 45.5 Å². The molecule has 0 radical (unpaired) electrons. The minimum absolute atomic E-state index is 0.167. The number of aryl methyl sites for hydroxylation is 1. The molecule has 0 spiro atoms. The molecule has 1 aliphatic heterocycles. The van der Waals surface area contributed by atoms with Crippen LogP contribution in [0.2, 0.25) is 0 Å². The fourth-order valence-electron chi connectivity index (χ4n) is 2.84. The predicted octanol–water partition coefficient (Wildman–Crippen LogP) is 0.182. The van der Waals surface area contributed by atoms with E-state index >= 15 is 0 Å². The summed E-state index contributed by atoms with van der Waals surface area (Å²) in [6.45, 7) is 6.14. The highest BCUT2D eigenvalue weighted by Gasteiger charge is 2.24. The van der Waals surface area contributed by atoms with Crippen molar-refractivity contribution < 1.29 is 9.59 Å². The van der Waals surface area contributed by atoms with Gasteiger partial charge in [-0.15, -0.1) is 0 Å². The van der Waals surface area contributed by atoms with Crippen LogP contribution in [0.5, 0.6) is 0 Å². The largest absolute Gasteiger partial charge is 0.347 e. The third kappa shape index (κ3) is 4.14. The number of pyridine rings is 1. The molecule has 8 heteroatoms. The van der Waals surface area contributed by atoms with Gasteiger partial charge in [-0.2, -0.15) is 0 Å². The van der Waals surface area contributed by atoms with Crippen LogP contribution >= 0.6 is 0 Å². The number of fused-ring (bicyclic) bond motifs is 1. The van der Waals surface area contributed by atoms with Crippen LogP contribution in [0.25, 0.3) is 11.2 Å². The molecule has 1 aliphatic rings. The molecule has 0 aromatic carbocycles. The molecule has 134 valence electrons. The molecule has 1 atom stereocenters. The zero-order valence-corrected chi connectivity index (χ0v) is 14.6. The minimum atomic E-state index is -0.548. The summed E-state index contributed by atoms with van der Waals surface area (Å²) in [7, 11) is 0. The molecule has 1 fully saturated rings.